The van der Waals surface area contributed by atoms with Crippen LogP contribution in [0.3, 0.4) is 0 Å². The zero-order chi connectivity index (χ0) is 19.5. The standard InChI is InChI=1S/C18H24N2O6/c1-2-3-4-5-7-12-15(13-16(19(23)24)20(25)26)17(18(21)22)14-10-8-6-9-11-14/h6,8-11,16H,2-5,7,12-13H2,1H3,(H,21,22)/b17-15+. The lowest BCUT2D eigenvalue weighted by atomic mass is 9.92. The molecule has 1 aromatic rings. The van der Waals surface area contributed by atoms with E-state index in [1.165, 1.54) is 0 Å². The largest absolute Gasteiger partial charge is 0.478 e. The third kappa shape index (κ3) is 6.62. The summed E-state index contributed by atoms with van der Waals surface area (Å²) in [5.74, 6) is -1.23. The van der Waals surface area contributed by atoms with E-state index in [4.69, 9.17) is 0 Å². The number of rotatable bonds is 12. The van der Waals surface area contributed by atoms with E-state index in [-0.39, 0.29) is 11.1 Å². The van der Waals surface area contributed by atoms with Crippen molar-refractivity contribution in [2.75, 3.05) is 0 Å². The fourth-order valence-electron chi connectivity index (χ4n) is 2.80. The monoisotopic (exact) mass is 364 g/mol. The summed E-state index contributed by atoms with van der Waals surface area (Å²) in [5.41, 5.74) is 0.572. The van der Waals surface area contributed by atoms with Gasteiger partial charge in [0.1, 0.15) is 6.42 Å². The van der Waals surface area contributed by atoms with Crippen LogP contribution in [0.4, 0.5) is 0 Å². The zero-order valence-electron chi connectivity index (χ0n) is 14.8. The Morgan fingerprint density at radius 2 is 1.62 bits per heavy atom. The maximum atomic E-state index is 11.8. The van der Waals surface area contributed by atoms with E-state index in [9.17, 15) is 30.1 Å². The number of nitro groups is 2. The Labute approximate surface area is 151 Å². The Morgan fingerprint density at radius 3 is 2.12 bits per heavy atom. The molecule has 0 radical (unpaired) electrons. The quantitative estimate of drug-likeness (QED) is 0.195. The van der Waals surface area contributed by atoms with E-state index in [1.807, 2.05) is 0 Å². The Kier molecular flexibility index (Phi) is 8.97. The molecule has 0 spiro atoms. The topological polar surface area (TPSA) is 124 Å². The van der Waals surface area contributed by atoms with Crippen molar-refractivity contribution < 1.29 is 19.7 Å². The highest BCUT2D eigenvalue weighted by molar-refractivity contribution is 6.16. The number of aliphatic carboxylic acids is 1. The van der Waals surface area contributed by atoms with Crippen LogP contribution in [0, 0.1) is 20.2 Å². The maximum Gasteiger partial charge on any atom is 0.454 e. The molecule has 0 bridgehead atoms. The van der Waals surface area contributed by atoms with Gasteiger partial charge in [0.2, 0.25) is 0 Å². The minimum atomic E-state index is -2.04. The van der Waals surface area contributed by atoms with Crippen molar-refractivity contribution in [3.63, 3.8) is 0 Å². The van der Waals surface area contributed by atoms with Gasteiger partial charge >= 0.3 is 12.1 Å². The van der Waals surface area contributed by atoms with E-state index < -0.39 is 28.4 Å². The molecule has 26 heavy (non-hydrogen) atoms. The summed E-state index contributed by atoms with van der Waals surface area (Å²) >= 11 is 0. The smallest absolute Gasteiger partial charge is 0.454 e. The number of unbranched alkanes of at least 4 members (excludes halogenated alkanes) is 4. The summed E-state index contributed by atoms with van der Waals surface area (Å²) in [5, 5.41) is 31.7. The van der Waals surface area contributed by atoms with Gasteiger partial charge in [0, 0.05) is 0 Å². The fraction of sp³-hybridized carbons (Fsp3) is 0.500. The lowest BCUT2D eigenvalue weighted by Crippen LogP contribution is -2.29. The van der Waals surface area contributed by atoms with Gasteiger partial charge < -0.3 is 5.11 Å². The predicted molar refractivity (Wildman–Crippen MR) is 96.8 cm³/mol. The fourth-order valence-corrected chi connectivity index (χ4v) is 2.80. The third-order valence-electron chi connectivity index (χ3n) is 4.13. The van der Waals surface area contributed by atoms with E-state index in [1.54, 1.807) is 30.3 Å². The molecule has 0 saturated heterocycles. The number of hydrogen-bond acceptors (Lipinski definition) is 5. The summed E-state index contributed by atoms with van der Waals surface area (Å²) in [6, 6.07) is 8.23. The molecule has 8 nitrogen and oxygen atoms in total. The Balaban J connectivity index is 3.19. The van der Waals surface area contributed by atoms with Crippen LogP contribution in [0.1, 0.15) is 57.4 Å². The normalized spacial score (nSPS) is 11.9. The average Bonchev–Trinajstić information content (AvgIpc) is 2.59. The van der Waals surface area contributed by atoms with Crippen LogP contribution in [0.2, 0.25) is 0 Å². The zero-order valence-corrected chi connectivity index (χ0v) is 14.8. The number of carbonyl (C=O) groups is 1. The molecule has 0 aliphatic rings. The van der Waals surface area contributed by atoms with E-state index in [0.717, 1.165) is 25.7 Å². The van der Waals surface area contributed by atoms with Crippen molar-refractivity contribution in [3.05, 3.63) is 61.7 Å². The summed E-state index contributed by atoms with van der Waals surface area (Å²) in [7, 11) is 0. The second kappa shape index (κ2) is 11.0. The molecular weight excluding hydrogens is 340 g/mol. The third-order valence-corrected chi connectivity index (χ3v) is 4.13. The first-order chi connectivity index (χ1) is 12.4. The molecule has 0 heterocycles. The van der Waals surface area contributed by atoms with Gasteiger partial charge in [0.15, 0.2) is 0 Å². The lowest BCUT2D eigenvalue weighted by molar-refractivity contribution is -0.741. The van der Waals surface area contributed by atoms with Gasteiger partial charge in [0.25, 0.3) is 0 Å². The average molecular weight is 364 g/mol. The minimum Gasteiger partial charge on any atom is -0.478 e. The Hall–Kier alpha value is -2.77. The number of benzene rings is 1. The molecule has 0 aromatic heterocycles. The van der Waals surface area contributed by atoms with Crippen molar-refractivity contribution >= 4 is 11.5 Å². The van der Waals surface area contributed by atoms with Crippen LogP contribution in [0.15, 0.2) is 35.9 Å². The van der Waals surface area contributed by atoms with Gasteiger partial charge in [0.05, 0.1) is 15.4 Å². The highest BCUT2D eigenvalue weighted by Gasteiger charge is 2.35. The molecule has 142 valence electrons. The molecule has 0 fully saturated rings. The van der Waals surface area contributed by atoms with Crippen molar-refractivity contribution in [3.8, 4) is 0 Å². The van der Waals surface area contributed by atoms with Gasteiger partial charge in [-0.15, -0.1) is 0 Å². The minimum absolute atomic E-state index is 0.0743. The van der Waals surface area contributed by atoms with Gasteiger partial charge in [-0.2, -0.15) is 0 Å². The number of carboxylic acids is 1. The van der Waals surface area contributed by atoms with Gasteiger partial charge in [-0.3, -0.25) is 20.2 Å². The number of nitrogens with zero attached hydrogens (tertiary/aromatic N) is 2. The summed E-state index contributed by atoms with van der Waals surface area (Å²) < 4.78 is 0. The Bertz CT molecular complexity index is 643. The van der Waals surface area contributed by atoms with Gasteiger partial charge in [-0.25, -0.2) is 4.79 Å². The molecule has 0 unspecified atom stereocenters. The first-order valence-electron chi connectivity index (χ1n) is 8.66. The molecule has 0 aliphatic carbocycles. The lowest BCUT2D eigenvalue weighted by Gasteiger charge is -2.13. The van der Waals surface area contributed by atoms with Crippen LogP contribution in [-0.4, -0.2) is 27.1 Å². The maximum absolute atomic E-state index is 11.8. The van der Waals surface area contributed by atoms with Crippen molar-refractivity contribution in [2.24, 2.45) is 0 Å². The SMILES string of the molecule is CCCCCCC/C(CC([N+](=O)[O-])[N+](=O)[O-])=C(\C(=O)O)c1ccccc1. The molecule has 0 atom stereocenters. The van der Waals surface area contributed by atoms with Crippen LogP contribution in [-0.2, 0) is 4.79 Å². The molecule has 8 heteroatoms. The van der Waals surface area contributed by atoms with Crippen molar-refractivity contribution in [1.82, 2.24) is 0 Å². The van der Waals surface area contributed by atoms with Gasteiger partial charge in [-0.05, 0) is 24.0 Å². The molecule has 0 aliphatic heterocycles. The molecule has 1 N–H and O–H groups in total. The second-order valence-corrected chi connectivity index (χ2v) is 6.07. The first-order valence-corrected chi connectivity index (χ1v) is 8.66. The predicted octanol–water partition coefficient (Wildman–Crippen LogP) is 4.15. The summed E-state index contributed by atoms with van der Waals surface area (Å²) in [6.07, 6.45) is 2.31. The van der Waals surface area contributed by atoms with E-state index in [2.05, 4.69) is 6.92 Å². The van der Waals surface area contributed by atoms with E-state index >= 15 is 0 Å². The summed E-state index contributed by atoms with van der Waals surface area (Å²) in [4.78, 5) is 31.9. The number of carboxylic acid groups (broad SMARTS) is 1. The first kappa shape index (κ1) is 21.3. The number of hydrogen-bond donors (Lipinski definition) is 1. The van der Waals surface area contributed by atoms with Crippen molar-refractivity contribution in [1.29, 1.82) is 0 Å². The summed E-state index contributed by atoms with van der Waals surface area (Å²) in [6.45, 7) is 2.07. The van der Waals surface area contributed by atoms with Crippen LogP contribution >= 0.6 is 0 Å². The second-order valence-electron chi connectivity index (χ2n) is 6.07. The molecule has 1 aromatic carbocycles. The van der Waals surface area contributed by atoms with Crippen molar-refractivity contribution in [2.45, 2.75) is 58.0 Å². The Morgan fingerprint density at radius 1 is 1.04 bits per heavy atom. The van der Waals surface area contributed by atoms with Crippen LogP contribution in [0.5, 0.6) is 0 Å². The van der Waals surface area contributed by atoms with Crippen LogP contribution in [0.25, 0.3) is 5.57 Å². The highest BCUT2D eigenvalue weighted by atomic mass is 16.7. The molecule has 0 amide bonds. The highest BCUT2D eigenvalue weighted by Crippen LogP contribution is 2.27. The molecule has 0 saturated carbocycles. The van der Waals surface area contributed by atoms with E-state index in [0.29, 0.717) is 18.4 Å². The van der Waals surface area contributed by atoms with Gasteiger partial charge in [-0.1, -0.05) is 62.9 Å². The molecule has 1 rings (SSSR count). The van der Waals surface area contributed by atoms with Crippen LogP contribution < -0.4 is 0 Å². The molecular formula is C18H24N2O6.